The van der Waals surface area contributed by atoms with Crippen molar-refractivity contribution in [3.05, 3.63) is 89.1 Å². The molecule has 0 radical (unpaired) electrons. The quantitative estimate of drug-likeness (QED) is 0.209. The number of thiophene rings is 1. The number of hydrogen-bond acceptors (Lipinski definition) is 8. The number of aromatic nitrogens is 1. The van der Waals surface area contributed by atoms with Crippen molar-refractivity contribution in [2.45, 2.75) is 64.4 Å². The average molecular weight is 706 g/mol. The van der Waals surface area contributed by atoms with Crippen molar-refractivity contribution in [3.63, 3.8) is 0 Å². The van der Waals surface area contributed by atoms with Gasteiger partial charge >= 0.3 is 6.09 Å². The number of benzene rings is 2. The van der Waals surface area contributed by atoms with Crippen molar-refractivity contribution in [1.82, 2.24) is 4.98 Å². The molecule has 3 fully saturated rings. The standard InChI is InChI=1S/C40H43N5O5S/c1-26-11-16-32(36(41-26)44-24-40(25-44)18-21-49-22-19-40)37(46)42-29-14-12-27(13-15-29)38(47)45-20-17-28-23-34(43-39(48)50-30-7-3-2-4-8-30)51-35(28)31-9-5-6-10-33(31)45/h5-6,9-16,23,30H,2-4,7-8,17-22,24-25H2,1H3,(H,42,46)(H,43,48). The smallest absolute Gasteiger partial charge is 0.412 e. The molecular formula is C40H43N5O5S. The van der Waals surface area contributed by atoms with Crippen molar-refractivity contribution in [2.24, 2.45) is 5.41 Å². The third kappa shape index (κ3) is 6.97. The molecule has 5 heterocycles. The zero-order valence-electron chi connectivity index (χ0n) is 28.9. The van der Waals surface area contributed by atoms with Gasteiger partial charge in [0.05, 0.1) is 16.3 Å². The molecule has 4 aliphatic rings. The summed E-state index contributed by atoms with van der Waals surface area (Å²) in [7, 11) is 0. The van der Waals surface area contributed by atoms with Gasteiger partial charge in [-0.05, 0) is 106 Å². The van der Waals surface area contributed by atoms with Gasteiger partial charge in [-0.1, -0.05) is 24.6 Å². The highest BCUT2D eigenvalue weighted by molar-refractivity contribution is 7.19. The molecule has 2 saturated heterocycles. The van der Waals surface area contributed by atoms with Crippen LogP contribution in [0.4, 0.5) is 27.0 Å². The molecule has 3 amide bonds. The predicted molar refractivity (Wildman–Crippen MR) is 200 cm³/mol. The summed E-state index contributed by atoms with van der Waals surface area (Å²) in [6.07, 6.45) is 7.54. The Bertz CT molecular complexity index is 1940. The lowest BCUT2D eigenvalue weighted by molar-refractivity contribution is -0.000519. The molecule has 11 heteroatoms. The van der Waals surface area contributed by atoms with Gasteiger partial charge in [0.15, 0.2) is 0 Å². The van der Waals surface area contributed by atoms with E-state index in [1.807, 2.05) is 54.3 Å². The summed E-state index contributed by atoms with van der Waals surface area (Å²) in [6.45, 7) is 5.77. The Morgan fingerprint density at radius 1 is 0.941 bits per heavy atom. The normalized spacial score (nSPS) is 18.2. The van der Waals surface area contributed by atoms with Crippen LogP contribution < -0.4 is 20.4 Å². The summed E-state index contributed by atoms with van der Waals surface area (Å²) in [4.78, 5) is 50.1. The number of rotatable bonds is 6. The van der Waals surface area contributed by atoms with E-state index < -0.39 is 6.09 Å². The highest BCUT2D eigenvalue weighted by atomic mass is 32.1. The van der Waals surface area contributed by atoms with Crippen LogP contribution in [0.5, 0.6) is 0 Å². The van der Waals surface area contributed by atoms with E-state index in [9.17, 15) is 14.4 Å². The highest BCUT2D eigenvalue weighted by Crippen LogP contribution is 2.44. The minimum absolute atomic E-state index is 0.0128. The number of pyridine rings is 1. The topological polar surface area (TPSA) is 113 Å². The number of carbonyl (C=O) groups is 3. The number of ether oxygens (including phenoxy) is 2. The predicted octanol–water partition coefficient (Wildman–Crippen LogP) is 8.07. The lowest BCUT2D eigenvalue weighted by atomic mass is 9.73. The molecule has 0 atom stereocenters. The number of amides is 3. The molecular weight excluding hydrogens is 663 g/mol. The number of hydrogen-bond donors (Lipinski definition) is 2. The second-order valence-electron chi connectivity index (χ2n) is 14.3. The molecule has 1 spiro atoms. The summed E-state index contributed by atoms with van der Waals surface area (Å²) in [5.41, 5.74) is 5.65. The third-order valence-electron chi connectivity index (χ3n) is 10.7. The van der Waals surface area contributed by atoms with Crippen LogP contribution in [0.2, 0.25) is 0 Å². The molecule has 4 aromatic rings. The van der Waals surface area contributed by atoms with Crippen molar-refractivity contribution >= 4 is 51.4 Å². The van der Waals surface area contributed by atoms with Crippen molar-refractivity contribution in [1.29, 1.82) is 0 Å². The molecule has 1 aliphatic carbocycles. The van der Waals surface area contributed by atoms with E-state index in [1.54, 1.807) is 24.3 Å². The maximum absolute atomic E-state index is 14.0. The Kier molecular flexibility index (Phi) is 9.24. The van der Waals surface area contributed by atoms with Crippen LogP contribution in [0.25, 0.3) is 10.4 Å². The van der Waals surface area contributed by atoms with E-state index >= 15 is 0 Å². The zero-order valence-corrected chi connectivity index (χ0v) is 29.7. The van der Waals surface area contributed by atoms with Crippen LogP contribution in [0.3, 0.4) is 0 Å². The Morgan fingerprint density at radius 3 is 2.49 bits per heavy atom. The molecule has 0 bridgehead atoms. The largest absolute Gasteiger partial charge is 0.446 e. The van der Waals surface area contributed by atoms with Crippen LogP contribution >= 0.6 is 11.3 Å². The van der Waals surface area contributed by atoms with Gasteiger partial charge in [-0.3, -0.25) is 14.9 Å². The first-order chi connectivity index (χ1) is 24.8. The fraction of sp³-hybridized carbons (Fsp3) is 0.400. The maximum atomic E-state index is 14.0. The fourth-order valence-electron chi connectivity index (χ4n) is 7.88. The highest BCUT2D eigenvalue weighted by Gasteiger charge is 2.45. The lowest BCUT2D eigenvalue weighted by Crippen LogP contribution is -2.59. The molecule has 1 saturated carbocycles. The minimum atomic E-state index is -0.404. The van der Waals surface area contributed by atoms with Crippen LogP contribution in [0.15, 0.2) is 66.7 Å². The second kappa shape index (κ2) is 14.1. The van der Waals surface area contributed by atoms with E-state index in [4.69, 9.17) is 14.5 Å². The number of carbonyl (C=O) groups excluding carboxylic acids is 3. The van der Waals surface area contributed by atoms with E-state index in [-0.39, 0.29) is 23.3 Å². The van der Waals surface area contributed by atoms with Crippen LogP contribution in [-0.4, -0.2) is 61.8 Å². The molecule has 51 heavy (non-hydrogen) atoms. The number of para-hydroxylation sites is 1. The Balaban J connectivity index is 0.943. The number of fused-ring (bicyclic) bond motifs is 3. The maximum Gasteiger partial charge on any atom is 0.412 e. The summed E-state index contributed by atoms with van der Waals surface area (Å²) in [6, 6.07) is 20.7. The molecule has 2 aromatic carbocycles. The van der Waals surface area contributed by atoms with Gasteiger partial charge in [0.25, 0.3) is 11.8 Å². The van der Waals surface area contributed by atoms with Gasteiger partial charge in [0.1, 0.15) is 11.9 Å². The van der Waals surface area contributed by atoms with Gasteiger partial charge in [-0.15, -0.1) is 11.3 Å². The Hall–Kier alpha value is -4.74. The van der Waals surface area contributed by atoms with Gasteiger partial charge in [-0.2, -0.15) is 0 Å². The van der Waals surface area contributed by atoms with Crippen molar-refractivity contribution < 1.29 is 23.9 Å². The molecule has 2 N–H and O–H groups in total. The van der Waals surface area contributed by atoms with Crippen molar-refractivity contribution in [2.75, 3.05) is 53.3 Å². The number of anilines is 4. The first-order valence-corrected chi connectivity index (χ1v) is 18.9. The van der Waals surface area contributed by atoms with E-state index in [1.165, 1.54) is 17.8 Å². The fourth-order valence-corrected chi connectivity index (χ4v) is 9.01. The lowest BCUT2D eigenvalue weighted by Gasteiger charge is -2.53. The Labute approximate surface area is 302 Å². The SMILES string of the molecule is Cc1ccc(C(=O)Nc2ccc(C(=O)N3CCc4cc(NC(=O)OC5CCCCC5)sc4-c4ccccc43)cc2)c(N2CC3(CCOCC3)C2)n1. The van der Waals surface area contributed by atoms with Crippen LogP contribution in [0.1, 0.15) is 76.9 Å². The van der Waals surface area contributed by atoms with Crippen LogP contribution in [0, 0.1) is 12.3 Å². The van der Waals surface area contributed by atoms with E-state index in [2.05, 4.69) is 15.5 Å². The summed E-state index contributed by atoms with van der Waals surface area (Å²) < 4.78 is 11.3. The second-order valence-corrected chi connectivity index (χ2v) is 15.4. The molecule has 0 unspecified atom stereocenters. The van der Waals surface area contributed by atoms with Gasteiger partial charge in [0, 0.05) is 65.6 Å². The van der Waals surface area contributed by atoms with Crippen molar-refractivity contribution in [3.8, 4) is 10.4 Å². The summed E-state index contributed by atoms with van der Waals surface area (Å²) in [5, 5.41) is 6.72. The molecule has 2 aromatic heterocycles. The molecule has 10 nitrogen and oxygen atoms in total. The third-order valence-corrected chi connectivity index (χ3v) is 11.8. The monoisotopic (exact) mass is 705 g/mol. The first-order valence-electron chi connectivity index (χ1n) is 18.1. The molecule has 8 rings (SSSR count). The molecule has 3 aliphatic heterocycles. The molecule has 264 valence electrons. The Morgan fingerprint density at radius 2 is 1.71 bits per heavy atom. The number of nitrogens with zero attached hydrogens (tertiary/aromatic N) is 3. The van der Waals surface area contributed by atoms with Crippen LogP contribution in [-0.2, 0) is 15.9 Å². The van der Waals surface area contributed by atoms with E-state index in [0.717, 1.165) is 97.2 Å². The van der Waals surface area contributed by atoms with E-state index in [0.29, 0.717) is 35.6 Å². The average Bonchev–Trinajstić information content (AvgIpc) is 3.46. The van der Waals surface area contributed by atoms with Gasteiger partial charge in [0.2, 0.25) is 0 Å². The number of aryl methyl sites for hydroxylation is 1. The number of nitrogens with one attached hydrogen (secondary N) is 2. The summed E-state index contributed by atoms with van der Waals surface area (Å²) >= 11 is 1.51. The minimum Gasteiger partial charge on any atom is -0.446 e. The zero-order chi connectivity index (χ0) is 35.0. The van der Waals surface area contributed by atoms with Gasteiger partial charge in [-0.25, -0.2) is 9.78 Å². The first kappa shape index (κ1) is 33.4. The summed E-state index contributed by atoms with van der Waals surface area (Å²) in [5.74, 6) is 0.370. The van der Waals surface area contributed by atoms with Gasteiger partial charge < -0.3 is 24.6 Å².